The minimum atomic E-state index is 0.701. The first-order valence-corrected chi connectivity index (χ1v) is 8.05. The molecule has 1 aromatic carbocycles. The summed E-state index contributed by atoms with van der Waals surface area (Å²) >= 11 is 0. The second-order valence-electron chi connectivity index (χ2n) is 5.52. The van der Waals surface area contributed by atoms with E-state index in [-0.39, 0.29) is 0 Å². The molecule has 1 heterocycles. The summed E-state index contributed by atoms with van der Waals surface area (Å²) in [6.07, 6.45) is 3.68. The monoisotopic (exact) mass is 292 g/mol. The zero-order valence-corrected chi connectivity index (χ0v) is 13.3. The molecule has 1 fully saturated rings. The third-order valence-corrected chi connectivity index (χ3v) is 4.04. The number of rotatable bonds is 8. The van der Waals surface area contributed by atoms with E-state index in [1.165, 1.54) is 19.3 Å². The molecule has 1 saturated heterocycles. The number of nitrogens with one attached hydrogen (secondary N) is 1. The van der Waals surface area contributed by atoms with Crippen molar-refractivity contribution < 1.29 is 9.47 Å². The highest BCUT2D eigenvalue weighted by Crippen LogP contribution is 2.25. The van der Waals surface area contributed by atoms with Crippen molar-refractivity contribution in [3.8, 4) is 11.5 Å². The topological polar surface area (TPSA) is 33.7 Å². The van der Waals surface area contributed by atoms with Crippen LogP contribution in [0.15, 0.2) is 24.3 Å². The molecule has 21 heavy (non-hydrogen) atoms. The number of nitrogens with zero attached hydrogens (tertiary/aromatic N) is 1. The first kappa shape index (κ1) is 16.1. The lowest BCUT2D eigenvalue weighted by atomic mass is 10.0. The second-order valence-corrected chi connectivity index (χ2v) is 5.52. The Morgan fingerprint density at radius 2 is 1.86 bits per heavy atom. The minimum Gasteiger partial charge on any atom is -0.493 e. The number of piperidine rings is 1. The van der Waals surface area contributed by atoms with Crippen molar-refractivity contribution in [2.45, 2.75) is 32.2 Å². The van der Waals surface area contributed by atoms with Crippen LogP contribution >= 0.6 is 0 Å². The van der Waals surface area contributed by atoms with Crippen molar-refractivity contribution in [3.63, 3.8) is 0 Å². The van der Waals surface area contributed by atoms with Crippen LogP contribution in [0, 0.1) is 0 Å². The Labute approximate surface area is 128 Å². The molecular weight excluding hydrogens is 264 g/mol. The van der Waals surface area contributed by atoms with Gasteiger partial charge in [0.2, 0.25) is 0 Å². The van der Waals surface area contributed by atoms with Crippen LogP contribution in [0.4, 0.5) is 0 Å². The summed E-state index contributed by atoms with van der Waals surface area (Å²) in [5, 5.41) is 3.43. The van der Waals surface area contributed by atoms with E-state index in [4.69, 9.17) is 9.47 Å². The van der Waals surface area contributed by atoms with Crippen LogP contribution in [0.2, 0.25) is 0 Å². The molecule has 1 aromatic rings. The van der Waals surface area contributed by atoms with E-state index in [2.05, 4.69) is 17.1 Å². The van der Waals surface area contributed by atoms with Gasteiger partial charge in [0, 0.05) is 12.6 Å². The molecule has 4 nitrogen and oxygen atoms in total. The predicted octanol–water partition coefficient (Wildman–Crippen LogP) is 2.54. The number of methoxy groups -OCH3 is 1. The molecule has 1 aliphatic heterocycles. The van der Waals surface area contributed by atoms with E-state index < -0.39 is 0 Å². The van der Waals surface area contributed by atoms with E-state index in [1.807, 2.05) is 24.3 Å². The molecular formula is C17H28N2O2. The molecule has 0 atom stereocenters. The Morgan fingerprint density at radius 3 is 2.52 bits per heavy atom. The van der Waals surface area contributed by atoms with Gasteiger partial charge in [-0.3, -0.25) is 4.90 Å². The van der Waals surface area contributed by atoms with E-state index in [0.717, 1.165) is 37.7 Å². The summed E-state index contributed by atoms with van der Waals surface area (Å²) in [5.41, 5.74) is 0. The van der Waals surface area contributed by atoms with Gasteiger partial charge in [-0.25, -0.2) is 0 Å². The average Bonchev–Trinajstić information content (AvgIpc) is 2.55. The van der Waals surface area contributed by atoms with Crippen molar-refractivity contribution >= 4 is 0 Å². The molecule has 1 N–H and O–H groups in total. The Balaban J connectivity index is 1.83. The summed E-state index contributed by atoms with van der Waals surface area (Å²) in [6.45, 7) is 7.37. The van der Waals surface area contributed by atoms with Crippen molar-refractivity contribution in [1.82, 2.24) is 10.2 Å². The number of hydrogen-bond acceptors (Lipinski definition) is 4. The first-order valence-electron chi connectivity index (χ1n) is 8.05. The first-order chi connectivity index (χ1) is 10.3. The zero-order valence-electron chi connectivity index (χ0n) is 13.3. The van der Waals surface area contributed by atoms with Gasteiger partial charge in [0.15, 0.2) is 11.5 Å². The molecule has 0 spiro atoms. The molecule has 0 aliphatic carbocycles. The lowest BCUT2D eigenvalue weighted by Gasteiger charge is -2.34. The van der Waals surface area contributed by atoms with Crippen molar-refractivity contribution in [2.75, 3.05) is 39.9 Å². The van der Waals surface area contributed by atoms with E-state index in [1.54, 1.807) is 7.11 Å². The average molecular weight is 292 g/mol. The Morgan fingerprint density at radius 1 is 1.14 bits per heavy atom. The quantitative estimate of drug-likeness (QED) is 0.798. The molecule has 0 unspecified atom stereocenters. The van der Waals surface area contributed by atoms with Crippen molar-refractivity contribution in [2.24, 2.45) is 0 Å². The highest BCUT2D eigenvalue weighted by atomic mass is 16.5. The van der Waals surface area contributed by atoms with Crippen LogP contribution in [-0.4, -0.2) is 50.8 Å². The van der Waals surface area contributed by atoms with Crippen LogP contribution in [0.3, 0.4) is 0 Å². The lowest BCUT2D eigenvalue weighted by Crippen LogP contribution is -2.45. The molecule has 0 radical (unpaired) electrons. The van der Waals surface area contributed by atoms with Gasteiger partial charge in [0.05, 0.1) is 7.11 Å². The Kier molecular flexibility index (Phi) is 6.83. The van der Waals surface area contributed by atoms with Crippen LogP contribution in [0.25, 0.3) is 0 Å². The maximum Gasteiger partial charge on any atom is 0.161 e. The fraction of sp³-hybridized carbons (Fsp3) is 0.647. The van der Waals surface area contributed by atoms with Gasteiger partial charge in [-0.1, -0.05) is 19.1 Å². The lowest BCUT2D eigenvalue weighted by molar-refractivity contribution is 0.134. The number of ether oxygens (including phenoxy) is 2. The number of para-hydroxylation sites is 2. The third kappa shape index (κ3) is 4.90. The van der Waals surface area contributed by atoms with Crippen molar-refractivity contribution in [3.05, 3.63) is 24.3 Å². The SMILES string of the molecule is CCCN(CCOc1ccccc1OC)C1CCNCC1. The fourth-order valence-corrected chi connectivity index (χ4v) is 2.95. The van der Waals surface area contributed by atoms with Gasteiger partial charge >= 0.3 is 0 Å². The Hall–Kier alpha value is -1.26. The van der Waals surface area contributed by atoms with Gasteiger partial charge in [-0.2, -0.15) is 0 Å². The standard InChI is InChI=1S/C17H28N2O2/c1-3-12-19(15-8-10-18-11-9-15)13-14-21-17-7-5-4-6-16(17)20-2/h4-7,15,18H,3,8-14H2,1-2H3. The summed E-state index contributed by atoms with van der Waals surface area (Å²) in [5.74, 6) is 1.64. The predicted molar refractivity (Wildman–Crippen MR) is 86.2 cm³/mol. The molecule has 4 heteroatoms. The smallest absolute Gasteiger partial charge is 0.161 e. The van der Waals surface area contributed by atoms with E-state index >= 15 is 0 Å². The van der Waals surface area contributed by atoms with E-state index in [0.29, 0.717) is 12.6 Å². The van der Waals surface area contributed by atoms with Crippen molar-refractivity contribution in [1.29, 1.82) is 0 Å². The minimum absolute atomic E-state index is 0.701. The maximum absolute atomic E-state index is 5.91. The van der Waals surface area contributed by atoms with Gasteiger partial charge in [0.25, 0.3) is 0 Å². The van der Waals surface area contributed by atoms with Gasteiger partial charge in [-0.15, -0.1) is 0 Å². The number of benzene rings is 1. The maximum atomic E-state index is 5.91. The number of hydrogen-bond donors (Lipinski definition) is 1. The van der Waals surface area contributed by atoms with Gasteiger partial charge < -0.3 is 14.8 Å². The summed E-state index contributed by atoms with van der Waals surface area (Å²) in [6, 6.07) is 8.55. The highest BCUT2D eigenvalue weighted by Gasteiger charge is 2.20. The molecule has 118 valence electrons. The summed E-state index contributed by atoms with van der Waals surface area (Å²) in [7, 11) is 1.68. The third-order valence-electron chi connectivity index (χ3n) is 4.04. The van der Waals surface area contributed by atoms with Crippen LogP contribution in [-0.2, 0) is 0 Å². The molecule has 0 saturated carbocycles. The van der Waals surface area contributed by atoms with Crippen LogP contribution < -0.4 is 14.8 Å². The molecule has 0 amide bonds. The van der Waals surface area contributed by atoms with E-state index in [9.17, 15) is 0 Å². The summed E-state index contributed by atoms with van der Waals surface area (Å²) < 4.78 is 11.2. The normalized spacial score (nSPS) is 16.1. The second kappa shape index (κ2) is 8.90. The highest BCUT2D eigenvalue weighted by molar-refractivity contribution is 5.39. The van der Waals surface area contributed by atoms with Gasteiger partial charge in [0.1, 0.15) is 6.61 Å². The molecule has 0 aromatic heterocycles. The zero-order chi connectivity index (χ0) is 14.9. The largest absolute Gasteiger partial charge is 0.493 e. The van der Waals surface area contributed by atoms with Crippen LogP contribution in [0.5, 0.6) is 11.5 Å². The summed E-state index contributed by atoms with van der Waals surface area (Å²) in [4.78, 5) is 2.58. The fourth-order valence-electron chi connectivity index (χ4n) is 2.95. The Bertz CT molecular complexity index is 406. The molecule has 0 bridgehead atoms. The van der Waals surface area contributed by atoms with Gasteiger partial charge in [-0.05, 0) is 51.0 Å². The van der Waals surface area contributed by atoms with Crippen LogP contribution in [0.1, 0.15) is 26.2 Å². The molecule has 1 aliphatic rings. The molecule has 2 rings (SSSR count).